The molecule has 2 unspecified atom stereocenters. The van der Waals surface area contributed by atoms with E-state index in [9.17, 15) is 0 Å². The van der Waals surface area contributed by atoms with Gasteiger partial charge in [0.25, 0.3) is 0 Å². The molecule has 1 saturated heterocycles. The van der Waals surface area contributed by atoms with Crippen LogP contribution >= 0.6 is 0 Å². The van der Waals surface area contributed by atoms with Crippen molar-refractivity contribution in [2.24, 2.45) is 11.7 Å². The second-order valence-electron chi connectivity index (χ2n) is 5.59. The van der Waals surface area contributed by atoms with E-state index in [-0.39, 0.29) is 5.54 Å². The van der Waals surface area contributed by atoms with Gasteiger partial charge in [-0.25, -0.2) is 0 Å². The highest BCUT2D eigenvalue weighted by Crippen LogP contribution is 2.43. The van der Waals surface area contributed by atoms with Gasteiger partial charge in [0.15, 0.2) is 0 Å². The van der Waals surface area contributed by atoms with Crippen LogP contribution in [0.3, 0.4) is 0 Å². The van der Waals surface area contributed by atoms with Gasteiger partial charge in [0.05, 0.1) is 12.7 Å². The summed E-state index contributed by atoms with van der Waals surface area (Å²) >= 11 is 0. The minimum absolute atomic E-state index is 0.289. The molecular formula is C12H24N2O. The molecule has 1 saturated carbocycles. The molecule has 1 aliphatic carbocycles. The summed E-state index contributed by atoms with van der Waals surface area (Å²) in [5.41, 5.74) is 6.28. The van der Waals surface area contributed by atoms with E-state index in [1.165, 1.54) is 12.8 Å². The zero-order valence-electron chi connectivity index (χ0n) is 10.2. The van der Waals surface area contributed by atoms with E-state index in [4.69, 9.17) is 10.5 Å². The van der Waals surface area contributed by atoms with Crippen LogP contribution in [0, 0.1) is 5.92 Å². The summed E-state index contributed by atoms with van der Waals surface area (Å²) in [6, 6.07) is 0.525. The summed E-state index contributed by atoms with van der Waals surface area (Å²) in [5, 5.41) is 0. The molecule has 15 heavy (non-hydrogen) atoms. The molecule has 3 heteroatoms. The fourth-order valence-corrected chi connectivity index (χ4v) is 3.32. The Kier molecular flexibility index (Phi) is 3.06. The van der Waals surface area contributed by atoms with Crippen molar-refractivity contribution in [1.82, 2.24) is 4.90 Å². The van der Waals surface area contributed by atoms with Crippen molar-refractivity contribution in [3.05, 3.63) is 0 Å². The van der Waals surface area contributed by atoms with Crippen LogP contribution in [0.15, 0.2) is 0 Å². The number of ether oxygens (including phenoxy) is 1. The maximum atomic E-state index is 5.99. The van der Waals surface area contributed by atoms with Gasteiger partial charge in [0.1, 0.15) is 0 Å². The van der Waals surface area contributed by atoms with Crippen LogP contribution < -0.4 is 5.73 Å². The summed E-state index contributed by atoms with van der Waals surface area (Å²) in [6.07, 6.45) is 2.89. The van der Waals surface area contributed by atoms with Gasteiger partial charge >= 0.3 is 0 Å². The van der Waals surface area contributed by atoms with Gasteiger partial charge in [-0.2, -0.15) is 0 Å². The normalized spacial score (nSPS) is 47.6. The zero-order valence-corrected chi connectivity index (χ0v) is 10.2. The van der Waals surface area contributed by atoms with Crippen LogP contribution in [0.25, 0.3) is 0 Å². The second-order valence-corrected chi connectivity index (χ2v) is 5.59. The lowest BCUT2D eigenvalue weighted by Crippen LogP contribution is -2.67. The maximum Gasteiger partial charge on any atom is 0.0675 e. The van der Waals surface area contributed by atoms with Crippen molar-refractivity contribution >= 4 is 0 Å². The van der Waals surface area contributed by atoms with E-state index in [0.29, 0.717) is 12.1 Å². The third-order valence-electron chi connectivity index (χ3n) is 4.05. The third-order valence-corrected chi connectivity index (χ3v) is 4.05. The smallest absolute Gasteiger partial charge is 0.0675 e. The molecule has 0 aromatic carbocycles. The van der Waals surface area contributed by atoms with Crippen molar-refractivity contribution in [2.45, 2.75) is 51.3 Å². The molecule has 2 fully saturated rings. The van der Waals surface area contributed by atoms with E-state index in [1.54, 1.807) is 0 Å². The molecule has 0 radical (unpaired) electrons. The lowest BCUT2D eigenvalue weighted by atomic mass is 9.67. The molecule has 2 N–H and O–H groups in total. The number of hydrogen-bond acceptors (Lipinski definition) is 3. The first-order valence-corrected chi connectivity index (χ1v) is 6.16. The number of nitrogens with two attached hydrogens (primary N) is 1. The molecule has 0 amide bonds. The molecule has 1 aliphatic heterocycles. The predicted octanol–water partition coefficient (Wildman–Crippen LogP) is 1.22. The van der Waals surface area contributed by atoms with Crippen LogP contribution in [0.4, 0.5) is 0 Å². The van der Waals surface area contributed by atoms with Crippen LogP contribution in [0.1, 0.15) is 33.6 Å². The Morgan fingerprint density at radius 2 is 2.00 bits per heavy atom. The Hall–Kier alpha value is -0.120. The highest BCUT2D eigenvalue weighted by atomic mass is 16.5. The van der Waals surface area contributed by atoms with Gasteiger partial charge in [-0.05, 0) is 32.6 Å². The monoisotopic (exact) mass is 212 g/mol. The molecule has 3 nitrogen and oxygen atoms in total. The molecule has 2 atom stereocenters. The largest absolute Gasteiger partial charge is 0.376 e. The summed E-state index contributed by atoms with van der Waals surface area (Å²) < 4.78 is 5.67. The predicted molar refractivity (Wildman–Crippen MR) is 61.8 cm³/mol. The van der Waals surface area contributed by atoms with E-state index in [2.05, 4.69) is 25.7 Å². The quantitative estimate of drug-likeness (QED) is 0.748. The molecule has 0 aromatic rings. The standard InChI is InChI=1S/C12H24N2O/c1-9-4-12(5-9,8-13)14-6-11(3)15-7-10(14)2/h9-11H,4-8,13H2,1-3H3. The highest BCUT2D eigenvalue weighted by Gasteiger charge is 2.48. The molecule has 0 bridgehead atoms. The zero-order chi connectivity index (χ0) is 11.1. The first kappa shape index (κ1) is 11.4. The Morgan fingerprint density at radius 3 is 2.53 bits per heavy atom. The summed E-state index contributed by atoms with van der Waals surface area (Å²) in [4.78, 5) is 2.60. The first-order chi connectivity index (χ1) is 7.07. The third kappa shape index (κ3) is 1.93. The van der Waals surface area contributed by atoms with Crippen LogP contribution in [-0.2, 0) is 4.74 Å². The molecule has 2 rings (SSSR count). The summed E-state index contributed by atoms with van der Waals surface area (Å²) in [6.45, 7) is 9.44. The average Bonchev–Trinajstić information content (AvgIpc) is 2.17. The fourth-order valence-electron chi connectivity index (χ4n) is 3.32. The van der Waals surface area contributed by atoms with Gasteiger partial charge in [-0.3, -0.25) is 4.90 Å². The van der Waals surface area contributed by atoms with Gasteiger partial charge in [0.2, 0.25) is 0 Å². The number of rotatable bonds is 2. The van der Waals surface area contributed by atoms with E-state index in [1.807, 2.05) is 0 Å². The van der Waals surface area contributed by atoms with Crippen molar-refractivity contribution in [3.8, 4) is 0 Å². The van der Waals surface area contributed by atoms with Crippen LogP contribution in [-0.4, -0.2) is 42.3 Å². The SMILES string of the molecule is CC1CC(CN)(N2CC(C)OCC2C)C1. The average molecular weight is 212 g/mol. The molecule has 1 heterocycles. The Morgan fingerprint density at radius 1 is 1.33 bits per heavy atom. The Bertz CT molecular complexity index is 226. The first-order valence-electron chi connectivity index (χ1n) is 6.16. The fraction of sp³-hybridized carbons (Fsp3) is 1.00. The van der Waals surface area contributed by atoms with E-state index >= 15 is 0 Å². The summed E-state index contributed by atoms with van der Waals surface area (Å²) in [5.74, 6) is 0.846. The molecule has 88 valence electrons. The molecule has 0 spiro atoms. The maximum absolute atomic E-state index is 5.99. The summed E-state index contributed by atoms with van der Waals surface area (Å²) in [7, 11) is 0. The second kappa shape index (κ2) is 4.04. The van der Waals surface area contributed by atoms with Gasteiger partial charge in [0, 0.05) is 24.7 Å². The number of hydrogen-bond donors (Lipinski definition) is 1. The van der Waals surface area contributed by atoms with Gasteiger partial charge < -0.3 is 10.5 Å². The lowest BCUT2D eigenvalue weighted by Gasteiger charge is -2.57. The minimum Gasteiger partial charge on any atom is -0.376 e. The lowest BCUT2D eigenvalue weighted by molar-refractivity contribution is -0.126. The van der Waals surface area contributed by atoms with Crippen molar-refractivity contribution < 1.29 is 4.74 Å². The number of morpholine rings is 1. The van der Waals surface area contributed by atoms with Crippen LogP contribution in [0.2, 0.25) is 0 Å². The number of nitrogens with zero attached hydrogens (tertiary/aromatic N) is 1. The van der Waals surface area contributed by atoms with Crippen molar-refractivity contribution in [2.75, 3.05) is 19.7 Å². The highest BCUT2D eigenvalue weighted by molar-refractivity contribution is 5.04. The Balaban J connectivity index is 2.06. The minimum atomic E-state index is 0.289. The van der Waals surface area contributed by atoms with Gasteiger partial charge in [-0.1, -0.05) is 6.92 Å². The van der Waals surface area contributed by atoms with Gasteiger partial charge in [-0.15, -0.1) is 0 Å². The van der Waals surface area contributed by atoms with E-state index < -0.39 is 0 Å². The molecule has 2 aliphatic rings. The van der Waals surface area contributed by atoms with E-state index in [0.717, 1.165) is 25.6 Å². The van der Waals surface area contributed by atoms with Crippen LogP contribution in [0.5, 0.6) is 0 Å². The molecule has 0 aromatic heterocycles. The molecular weight excluding hydrogens is 188 g/mol. The van der Waals surface area contributed by atoms with Crippen molar-refractivity contribution in [1.29, 1.82) is 0 Å². The van der Waals surface area contributed by atoms with Crippen molar-refractivity contribution in [3.63, 3.8) is 0 Å². The topological polar surface area (TPSA) is 38.5 Å². The Labute approximate surface area is 93.0 Å².